The van der Waals surface area contributed by atoms with E-state index in [4.69, 9.17) is 0 Å². The predicted octanol–water partition coefficient (Wildman–Crippen LogP) is 1.67. The van der Waals surface area contributed by atoms with Crippen LogP contribution in [0.15, 0.2) is 22.8 Å². The molecule has 110 valence electrons. The fourth-order valence-corrected chi connectivity index (χ4v) is 1.70. The lowest BCUT2D eigenvalue weighted by Gasteiger charge is -2.24. The van der Waals surface area contributed by atoms with Gasteiger partial charge in [0.1, 0.15) is 5.82 Å². The maximum absolute atomic E-state index is 11.9. The number of hydrogen-bond donors (Lipinski definition) is 1. The molecule has 0 fully saturated rings. The van der Waals surface area contributed by atoms with Gasteiger partial charge in [0, 0.05) is 16.7 Å². The van der Waals surface area contributed by atoms with Gasteiger partial charge in [0.25, 0.3) is 0 Å². The van der Waals surface area contributed by atoms with E-state index >= 15 is 0 Å². The second-order valence-electron chi connectivity index (χ2n) is 4.48. The van der Waals surface area contributed by atoms with E-state index in [2.05, 4.69) is 31.0 Å². The van der Waals surface area contributed by atoms with Crippen LogP contribution in [0.1, 0.15) is 13.8 Å². The highest BCUT2D eigenvalue weighted by molar-refractivity contribution is 9.10. The summed E-state index contributed by atoms with van der Waals surface area (Å²) in [5.41, 5.74) is 0. The standard InChI is InChI=1S/C13H18BrN3O3/c1-9(2)17(8-13(19)20-3)7-12(18)16-11-5-4-10(14)6-15-11/h4-6,9H,7-8H2,1-3H3,(H,15,16,18). The SMILES string of the molecule is COC(=O)CN(CC(=O)Nc1ccc(Br)cn1)C(C)C. The van der Waals surface area contributed by atoms with Crippen molar-refractivity contribution in [2.24, 2.45) is 0 Å². The summed E-state index contributed by atoms with van der Waals surface area (Å²) in [4.78, 5) is 29.0. The van der Waals surface area contributed by atoms with Crippen molar-refractivity contribution in [1.82, 2.24) is 9.88 Å². The van der Waals surface area contributed by atoms with E-state index in [1.807, 2.05) is 13.8 Å². The lowest BCUT2D eigenvalue weighted by atomic mass is 10.3. The fourth-order valence-electron chi connectivity index (χ4n) is 1.47. The highest BCUT2D eigenvalue weighted by atomic mass is 79.9. The van der Waals surface area contributed by atoms with E-state index in [-0.39, 0.29) is 31.0 Å². The van der Waals surface area contributed by atoms with Crippen LogP contribution in [0, 0.1) is 0 Å². The van der Waals surface area contributed by atoms with E-state index in [1.165, 1.54) is 7.11 Å². The number of carbonyl (C=O) groups excluding carboxylic acids is 2. The molecule has 0 saturated carbocycles. The van der Waals surface area contributed by atoms with Crippen LogP contribution in [-0.4, -0.2) is 48.0 Å². The minimum atomic E-state index is -0.367. The van der Waals surface area contributed by atoms with E-state index in [1.54, 1.807) is 23.2 Å². The summed E-state index contributed by atoms with van der Waals surface area (Å²) in [6.45, 7) is 4.00. The molecule has 0 aromatic carbocycles. The zero-order valence-corrected chi connectivity index (χ0v) is 13.3. The van der Waals surface area contributed by atoms with Crippen molar-refractivity contribution in [2.75, 3.05) is 25.5 Å². The van der Waals surface area contributed by atoms with Crippen LogP contribution < -0.4 is 5.32 Å². The number of pyridine rings is 1. The molecule has 0 saturated heterocycles. The summed E-state index contributed by atoms with van der Waals surface area (Å²) in [6.07, 6.45) is 1.60. The summed E-state index contributed by atoms with van der Waals surface area (Å²) in [7, 11) is 1.33. The number of halogens is 1. The summed E-state index contributed by atoms with van der Waals surface area (Å²) < 4.78 is 5.45. The van der Waals surface area contributed by atoms with Gasteiger partial charge in [-0.25, -0.2) is 4.98 Å². The Morgan fingerprint density at radius 2 is 2.10 bits per heavy atom. The van der Waals surface area contributed by atoms with Gasteiger partial charge < -0.3 is 10.1 Å². The smallest absolute Gasteiger partial charge is 0.319 e. The molecule has 0 unspecified atom stereocenters. The van der Waals surface area contributed by atoms with Crippen molar-refractivity contribution in [3.63, 3.8) is 0 Å². The van der Waals surface area contributed by atoms with Crippen LogP contribution in [0.25, 0.3) is 0 Å². The Balaban J connectivity index is 2.57. The normalized spacial score (nSPS) is 10.7. The summed E-state index contributed by atoms with van der Waals surface area (Å²) in [6, 6.07) is 3.54. The zero-order valence-electron chi connectivity index (χ0n) is 11.7. The molecule has 0 spiro atoms. The number of rotatable bonds is 6. The summed E-state index contributed by atoms with van der Waals surface area (Å²) in [5.74, 6) is -0.120. The number of ether oxygens (including phenoxy) is 1. The van der Waals surface area contributed by atoms with Crippen molar-refractivity contribution in [1.29, 1.82) is 0 Å². The molecule has 7 heteroatoms. The van der Waals surface area contributed by atoms with E-state index in [9.17, 15) is 9.59 Å². The zero-order chi connectivity index (χ0) is 15.1. The van der Waals surface area contributed by atoms with Crippen molar-refractivity contribution >= 4 is 33.6 Å². The van der Waals surface area contributed by atoms with E-state index in [0.29, 0.717) is 5.82 Å². The number of carbonyl (C=O) groups is 2. The molecule has 1 aromatic rings. The third-order valence-electron chi connectivity index (χ3n) is 2.63. The summed E-state index contributed by atoms with van der Waals surface area (Å²) in [5, 5.41) is 2.68. The molecule has 0 radical (unpaired) electrons. The Labute approximate surface area is 126 Å². The Hall–Kier alpha value is -1.47. The first-order chi connectivity index (χ1) is 9.42. The van der Waals surface area contributed by atoms with Gasteiger partial charge in [-0.1, -0.05) is 0 Å². The van der Waals surface area contributed by atoms with Gasteiger partial charge in [0.2, 0.25) is 5.91 Å². The monoisotopic (exact) mass is 343 g/mol. The van der Waals surface area contributed by atoms with Crippen LogP contribution in [0.3, 0.4) is 0 Å². The van der Waals surface area contributed by atoms with Crippen LogP contribution in [0.5, 0.6) is 0 Å². The predicted molar refractivity (Wildman–Crippen MR) is 79.3 cm³/mol. The average Bonchev–Trinajstić information content (AvgIpc) is 2.40. The molecule has 0 bridgehead atoms. The second kappa shape index (κ2) is 7.96. The summed E-state index contributed by atoms with van der Waals surface area (Å²) >= 11 is 3.27. The Kier molecular flexibility index (Phi) is 6.60. The van der Waals surface area contributed by atoms with Gasteiger partial charge in [-0.05, 0) is 41.9 Å². The first-order valence-electron chi connectivity index (χ1n) is 6.14. The van der Waals surface area contributed by atoms with Crippen molar-refractivity contribution in [3.05, 3.63) is 22.8 Å². The highest BCUT2D eigenvalue weighted by Gasteiger charge is 2.18. The van der Waals surface area contributed by atoms with E-state index in [0.717, 1.165) is 4.47 Å². The minimum Gasteiger partial charge on any atom is -0.468 e. The third-order valence-corrected chi connectivity index (χ3v) is 3.10. The minimum absolute atomic E-state index is 0.0535. The lowest BCUT2D eigenvalue weighted by Crippen LogP contribution is -2.41. The Morgan fingerprint density at radius 1 is 1.40 bits per heavy atom. The maximum atomic E-state index is 11.9. The van der Waals surface area contributed by atoms with Crippen molar-refractivity contribution < 1.29 is 14.3 Å². The molecule has 0 aliphatic carbocycles. The Bertz CT molecular complexity index is 462. The number of anilines is 1. The number of nitrogens with one attached hydrogen (secondary N) is 1. The third kappa shape index (κ3) is 5.66. The number of amides is 1. The van der Waals surface area contributed by atoms with Crippen LogP contribution in [0.4, 0.5) is 5.82 Å². The molecule has 1 N–H and O–H groups in total. The van der Waals surface area contributed by atoms with Gasteiger partial charge >= 0.3 is 5.97 Å². The molecule has 1 amide bonds. The number of methoxy groups -OCH3 is 1. The molecular weight excluding hydrogens is 326 g/mol. The molecule has 1 aromatic heterocycles. The van der Waals surface area contributed by atoms with E-state index < -0.39 is 0 Å². The topological polar surface area (TPSA) is 71.5 Å². The van der Waals surface area contributed by atoms with Crippen LogP contribution >= 0.6 is 15.9 Å². The number of esters is 1. The first kappa shape index (κ1) is 16.6. The lowest BCUT2D eigenvalue weighted by molar-refractivity contribution is -0.142. The van der Waals surface area contributed by atoms with Gasteiger partial charge in [-0.15, -0.1) is 0 Å². The van der Waals surface area contributed by atoms with Crippen LogP contribution in [0.2, 0.25) is 0 Å². The molecule has 0 aliphatic heterocycles. The molecule has 20 heavy (non-hydrogen) atoms. The van der Waals surface area contributed by atoms with Gasteiger partial charge in [0.05, 0.1) is 20.2 Å². The van der Waals surface area contributed by atoms with Gasteiger partial charge in [-0.2, -0.15) is 0 Å². The molecule has 6 nitrogen and oxygen atoms in total. The van der Waals surface area contributed by atoms with Crippen LogP contribution in [-0.2, 0) is 14.3 Å². The number of nitrogens with zero attached hydrogens (tertiary/aromatic N) is 2. The molecule has 0 aliphatic rings. The molecular formula is C13H18BrN3O3. The molecule has 1 heterocycles. The average molecular weight is 344 g/mol. The number of aromatic nitrogens is 1. The fraction of sp³-hybridized carbons (Fsp3) is 0.462. The van der Waals surface area contributed by atoms with Gasteiger partial charge in [0.15, 0.2) is 0 Å². The quantitative estimate of drug-likeness (QED) is 0.795. The second-order valence-corrected chi connectivity index (χ2v) is 5.40. The first-order valence-corrected chi connectivity index (χ1v) is 6.94. The number of hydrogen-bond acceptors (Lipinski definition) is 5. The molecule has 1 rings (SSSR count). The molecule has 0 atom stereocenters. The van der Waals surface area contributed by atoms with Crippen molar-refractivity contribution in [3.8, 4) is 0 Å². The largest absolute Gasteiger partial charge is 0.468 e. The maximum Gasteiger partial charge on any atom is 0.319 e. The highest BCUT2D eigenvalue weighted by Crippen LogP contribution is 2.10. The van der Waals surface area contributed by atoms with Crippen molar-refractivity contribution in [2.45, 2.75) is 19.9 Å². The van der Waals surface area contributed by atoms with Gasteiger partial charge in [-0.3, -0.25) is 14.5 Å². The Morgan fingerprint density at radius 3 is 2.60 bits per heavy atom.